The number of amides is 2. The highest BCUT2D eigenvalue weighted by atomic mass is 35.5. The van der Waals surface area contributed by atoms with Crippen molar-refractivity contribution < 1.29 is 14.3 Å². The SMILES string of the molecule is C=C1NC(=O)C(CCCOC2CCN(CCCCNC(=N)NC(=O)c3nc(Cl)c(N)nc3N)CC2)S1. The number of nitrogens with two attached hydrogens (primary N) is 2. The van der Waals surface area contributed by atoms with Gasteiger partial charge in [0.2, 0.25) is 5.91 Å². The zero-order valence-corrected chi connectivity index (χ0v) is 21.7. The highest BCUT2D eigenvalue weighted by Gasteiger charge is 2.27. The van der Waals surface area contributed by atoms with E-state index >= 15 is 0 Å². The molecule has 0 radical (unpaired) electrons. The van der Waals surface area contributed by atoms with Gasteiger partial charge in [-0.2, -0.15) is 0 Å². The predicted octanol–water partition coefficient (Wildman–Crippen LogP) is 1.29. The minimum absolute atomic E-state index is 0.0339. The fraction of sp³-hybridized carbons (Fsp3) is 0.591. The molecular weight excluding hydrogens is 506 g/mol. The third-order valence-electron chi connectivity index (χ3n) is 5.90. The van der Waals surface area contributed by atoms with E-state index in [0.29, 0.717) is 13.2 Å². The number of anilines is 2. The average Bonchev–Trinajstić information content (AvgIpc) is 3.16. The molecule has 1 atom stereocenters. The lowest BCUT2D eigenvalue weighted by Crippen LogP contribution is -2.41. The summed E-state index contributed by atoms with van der Waals surface area (Å²) < 4.78 is 6.02. The second-order valence-corrected chi connectivity index (χ2v) is 10.3. The van der Waals surface area contributed by atoms with Crippen molar-refractivity contribution >= 4 is 52.8 Å². The highest BCUT2D eigenvalue weighted by molar-refractivity contribution is 8.04. The summed E-state index contributed by atoms with van der Waals surface area (Å²) in [5.41, 5.74) is 11.0. The Balaban J connectivity index is 1.20. The van der Waals surface area contributed by atoms with Crippen molar-refractivity contribution in [2.24, 2.45) is 0 Å². The van der Waals surface area contributed by atoms with Crippen LogP contribution in [0.25, 0.3) is 0 Å². The first-order valence-corrected chi connectivity index (χ1v) is 13.2. The van der Waals surface area contributed by atoms with Gasteiger partial charge in [0, 0.05) is 26.2 Å². The highest BCUT2D eigenvalue weighted by Crippen LogP contribution is 2.28. The molecule has 8 N–H and O–H groups in total. The monoisotopic (exact) mass is 539 g/mol. The zero-order valence-electron chi connectivity index (χ0n) is 20.1. The van der Waals surface area contributed by atoms with Crippen molar-refractivity contribution in [1.82, 2.24) is 30.8 Å². The number of piperidine rings is 1. The summed E-state index contributed by atoms with van der Waals surface area (Å²) in [5, 5.41) is 16.4. The van der Waals surface area contributed by atoms with E-state index in [1.165, 1.54) is 11.8 Å². The van der Waals surface area contributed by atoms with Gasteiger partial charge in [0.15, 0.2) is 28.4 Å². The molecule has 36 heavy (non-hydrogen) atoms. The van der Waals surface area contributed by atoms with Gasteiger partial charge in [0.25, 0.3) is 5.91 Å². The number of nitrogens with zero attached hydrogens (tertiary/aromatic N) is 3. The molecule has 0 bridgehead atoms. The van der Waals surface area contributed by atoms with E-state index in [-0.39, 0.29) is 45.7 Å². The summed E-state index contributed by atoms with van der Waals surface area (Å²) in [5.74, 6) is -0.991. The number of carbonyl (C=O) groups is 2. The third kappa shape index (κ3) is 8.50. The Morgan fingerprint density at radius 1 is 1.25 bits per heavy atom. The van der Waals surface area contributed by atoms with Gasteiger partial charge in [-0.1, -0.05) is 29.9 Å². The van der Waals surface area contributed by atoms with E-state index in [1.807, 2.05) is 0 Å². The van der Waals surface area contributed by atoms with E-state index in [2.05, 4.69) is 37.4 Å². The standard InChI is InChI=1S/C22H34ClN9O3S/c1-13-28-20(33)15(36-13)5-4-12-35-14-6-10-32(11-7-14)9-3-2-8-27-22(26)31-21(34)16-18(24)30-19(25)17(23)29-16/h14-15H,1-12H2,(H,28,33)(H4,24,25,30)(H3,26,27,31,34). The number of ether oxygens (including phenoxy) is 1. The molecule has 3 rings (SSSR count). The first-order chi connectivity index (χ1) is 17.2. The number of carbonyl (C=O) groups excluding carboxylic acids is 2. The van der Waals surface area contributed by atoms with Crippen LogP contribution in [0.3, 0.4) is 0 Å². The molecule has 2 aliphatic heterocycles. The smallest absolute Gasteiger partial charge is 0.280 e. The van der Waals surface area contributed by atoms with E-state index in [9.17, 15) is 9.59 Å². The van der Waals surface area contributed by atoms with Crippen LogP contribution in [-0.4, -0.2) is 76.8 Å². The van der Waals surface area contributed by atoms with Gasteiger partial charge in [-0.3, -0.25) is 20.3 Å². The fourth-order valence-corrected chi connectivity index (χ4v) is 5.06. The summed E-state index contributed by atoms with van der Waals surface area (Å²) in [6.45, 7) is 7.98. The van der Waals surface area contributed by atoms with Crippen molar-refractivity contribution in [3.05, 3.63) is 22.5 Å². The quantitative estimate of drug-likeness (QED) is 0.136. The van der Waals surface area contributed by atoms with Gasteiger partial charge < -0.3 is 31.7 Å². The molecule has 1 unspecified atom stereocenters. The van der Waals surface area contributed by atoms with Gasteiger partial charge >= 0.3 is 0 Å². The second kappa shape index (κ2) is 13.6. The molecule has 2 amide bonds. The van der Waals surface area contributed by atoms with E-state index in [4.69, 9.17) is 33.2 Å². The number of halogens is 1. The Bertz CT molecular complexity index is 972. The van der Waals surface area contributed by atoms with Gasteiger partial charge in [-0.25, -0.2) is 9.97 Å². The average molecular weight is 540 g/mol. The summed E-state index contributed by atoms with van der Waals surface area (Å²) >= 11 is 7.29. The van der Waals surface area contributed by atoms with Crippen molar-refractivity contribution in [3.63, 3.8) is 0 Å². The molecule has 2 saturated heterocycles. The molecule has 1 aromatic heterocycles. The van der Waals surface area contributed by atoms with E-state index in [1.54, 1.807) is 0 Å². The van der Waals surface area contributed by atoms with Crippen LogP contribution in [0.2, 0.25) is 5.15 Å². The van der Waals surface area contributed by atoms with Crippen molar-refractivity contribution in [3.8, 4) is 0 Å². The number of nitrogens with one attached hydrogen (secondary N) is 4. The number of likely N-dealkylation sites (tertiary alicyclic amines) is 1. The van der Waals surface area contributed by atoms with Gasteiger partial charge in [-0.05, 0) is 45.1 Å². The topological polar surface area (TPSA) is 184 Å². The largest absolute Gasteiger partial charge is 0.382 e. The number of hydrogen-bond acceptors (Lipinski definition) is 10. The van der Waals surface area contributed by atoms with Crippen LogP contribution in [-0.2, 0) is 9.53 Å². The maximum atomic E-state index is 12.2. The minimum Gasteiger partial charge on any atom is -0.382 e. The minimum atomic E-state index is -0.682. The molecule has 198 valence electrons. The van der Waals surface area contributed by atoms with Crippen molar-refractivity contribution in [2.75, 3.05) is 44.3 Å². The summed E-state index contributed by atoms with van der Waals surface area (Å²) in [4.78, 5) is 33.9. The summed E-state index contributed by atoms with van der Waals surface area (Å²) in [6, 6.07) is 0. The Morgan fingerprint density at radius 3 is 2.69 bits per heavy atom. The molecule has 3 heterocycles. The Hall–Kier alpha value is -2.61. The number of guanidine groups is 1. The van der Waals surface area contributed by atoms with Gasteiger partial charge in [-0.15, -0.1) is 0 Å². The zero-order chi connectivity index (χ0) is 26.1. The maximum Gasteiger partial charge on any atom is 0.280 e. The molecule has 12 nitrogen and oxygen atoms in total. The van der Waals surface area contributed by atoms with Crippen molar-refractivity contribution in [1.29, 1.82) is 5.41 Å². The maximum absolute atomic E-state index is 12.2. The summed E-state index contributed by atoms with van der Waals surface area (Å²) in [7, 11) is 0. The van der Waals surface area contributed by atoms with Crippen molar-refractivity contribution in [2.45, 2.75) is 49.9 Å². The van der Waals surface area contributed by atoms with Crippen LogP contribution >= 0.6 is 23.4 Å². The second-order valence-electron chi connectivity index (χ2n) is 8.67. The molecule has 0 aromatic carbocycles. The molecule has 1 aromatic rings. The molecule has 2 aliphatic rings. The Labute approximate surface area is 219 Å². The van der Waals surface area contributed by atoms with Gasteiger partial charge in [0.1, 0.15) is 0 Å². The number of unbranched alkanes of at least 4 members (excludes halogenated alkanes) is 1. The molecule has 2 fully saturated rings. The Kier molecular flexibility index (Phi) is 10.6. The fourth-order valence-electron chi connectivity index (χ4n) is 3.98. The van der Waals surface area contributed by atoms with Crippen LogP contribution in [0.1, 0.15) is 49.0 Å². The van der Waals surface area contributed by atoms with Crippen LogP contribution in [0, 0.1) is 5.41 Å². The molecular formula is C22H34ClN9O3S. The lowest BCUT2D eigenvalue weighted by atomic mass is 10.1. The predicted molar refractivity (Wildman–Crippen MR) is 142 cm³/mol. The third-order valence-corrected chi connectivity index (χ3v) is 7.30. The van der Waals surface area contributed by atoms with Crippen LogP contribution in [0.5, 0.6) is 0 Å². The van der Waals surface area contributed by atoms with Crippen LogP contribution < -0.4 is 27.4 Å². The van der Waals surface area contributed by atoms with E-state index in [0.717, 1.165) is 63.2 Å². The number of nitrogen functional groups attached to an aromatic ring is 2. The first-order valence-electron chi connectivity index (χ1n) is 12.0. The molecule has 0 aliphatic carbocycles. The van der Waals surface area contributed by atoms with Crippen LogP contribution in [0.15, 0.2) is 11.6 Å². The molecule has 0 saturated carbocycles. The van der Waals surface area contributed by atoms with Gasteiger partial charge in [0.05, 0.1) is 16.4 Å². The molecule has 14 heteroatoms. The number of hydrogen-bond donors (Lipinski definition) is 6. The Morgan fingerprint density at radius 2 is 2.00 bits per heavy atom. The van der Waals surface area contributed by atoms with E-state index < -0.39 is 5.91 Å². The van der Waals surface area contributed by atoms with Crippen LogP contribution in [0.4, 0.5) is 11.6 Å². The lowest BCUT2D eigenvalue weighted by molar-refractivity contribution is -0.119. The number of thioether (sulfide) groups is 1. The molecule has 0 spiro atoms. The normalized spacial score (nSPS) is 18.8. The number of aromatic nitrogens is 2. The number of rotatable bonds is 11. The lowest BCUT2D eigenvalue weighted by Gasteiger charge is -2.32. The summed E-state index contributed by atoms with van der Waals surface area (Å²) in [6.07, 6.45) is 5.79. The first kappa shape index (κ1) is 28.0.